The molecule has 8 N–H and O–H groups in total. The monoisotopic (exact) mass is 574 g/mol. The maximum atomic E-state index is 9.49. The fourth-order valence-electron chi connectivity index (χ4n) is 3.54. The molecule has 0 aromatic heterocycles. The second-order valence-electron chi connectivity index (χ2n) is 8.11. The molecule has 0 saturated carbocycles. The van der Waals surface area contributed by atoms with E-state index in [1.54, 1.807) is 0 Å². The Hall–Kier alpha value is 1.24. The Balaban J connectivity index is 4.96. The van der Waals surface area contributed by atoms with Crippen LogP contribution in [0.1, 0.15) is 84.0 Å². The molecule has 0 spiro atoms. The minimum absolute atomic E-state index is 0.255. The van der Waals surface area contributed by atoms with E-state index in [1.807, 2.05) is 0 Å². The molecule has 0 bridgehead atoms. The lowest BCUT2D eigenvalue weighted by molar-refractivity contribution is -0.0655. The van der Waals surface area contributed by atoms with Crippen molar-refractivity contribution in [3.63, 3.8) is 0 Å². The normalized spacial score (nSPS) is 13.7. The Morgan fingerprint density at radius 2 is 0.882 bits per heavy atom. The van der Waals surface area contributed by atoms with Gasteiger partial charge in [0.25, 0.3) is 0 Å². The van der Waals surface area contributed by atoms with Crippen LogP contribution in [-0.4, -0.2) is 65.1 Å². The first-order valence-electron chi connectivity index (χ1n) is 11.4. The molecule has 0 rings (SSSR count). The van der Waals surface area contributed by atoms with Crippen LogP contribution < -0.4 is 0 Å². The molecule has 0 radical (unpaired) electrons. The van der Waals surface area contributed by atoms with Crippen molar-refractivity contribution in [2.75, 3.05) is 19.8 Å². The Morgan fingerprint density at radius 1 is 0.529 bits per heavy atom. The third-order valence-corrected chi connectivity index (χ3v) is 6.90. The highest BCUT2D eigenvalue weighted by Gasteiger charge is 2.44. The standard InChI is InChI=1S/C18H42O12P4/c1-2-3-4-5-6-7-8-9-10-11-12-13-17(30-34(25)26)18(14-27-31(19)20,15-28-32(21)22)16-29-33(23)24/h17,19-26H,2-16H2,1H3. The lowest BCUT2D eigenvalue weighted by Gasteiger charge is -2.39. The van der Waals surface area contributed by atoms with Gasteiger partial charge < -0.3 is 57.2 Å². The minimum atomic E-state index is -2.85. The lowest BCUT2D eigenvalue weighted by Crippen LogP contribution is -2.47. The molecule has 0 aromatic carbocycles. The van der Waals surface area contributed by atoms with E-state index in [0.29, 0.717) is 6.42 Å². The van der Waals surface area contributed by atoms with Gasteiger partial charge in [-0.2, -0.15) is 0 Å². The van der Waals surface area contributed by atoms with Crippen LogP contribution in [0.25, 0.3) is 0 Å². The number of hydrogen-bond donors (Lipinski definition) is 8. The predicted molar refractivity (Wildman–Crippen MR) is 132 cm³/mol. The van der Waals surface area contributed by atoms with Gasteiger partial charge in [-0.1, -0.05) is 77.6 Å². The van der Waals surface area contributed by atoms with Crippen molar-refractivity contribution in [1.82, 2.24) is 0 Å². The van der Waals surface area contributed by atoms with Gasteiger partial charge in [0.05, 0.1) is 31.3 Å². The highest BCUT2D eigenvalue weighted by Crippen LogP contribution is 2.44. The average molecular weight is 574 g/mol. The zero-order valence-electron chi connectivity index (χ0n) is 19.7. The van der Waals surface area contributed by atoms with Crippen LogP contribution >= 0.6 is 34.4 Å². The van der Waals surface area contributed by atoms with Gasteiger partial charge in [-0.15, -0.1) is 0 Å². The molecule has 206 valence electrons. The molecular formula is C18H42O12P4. The van der Waals surface area contributed by atoms with E-state index in [-0.39, 0.29) is 6.42 Å². The molecule has 16 heteroatoms. The molecule has 0 fully saturated rings. The molecule has 0 aromatic rings. The van der Waals surface area contributed by atoms with Gasteiger partial charge in [0.15, 0.2) is 0 Å². The molecule has 0 aliphatic rings. The largest absolute Gasteiger partial charge is 0.328 e. The lowest BCUT2D eigenvalue weighted by atomic mass is 9.82. The van der Waals surface area contributed by atoms with E-state index in [2.05, 4.69) is 6.92 Å². The molecule has 0 amide bonds. The van der Waals surface area contributed by atoms with Crippen molar-refractivity contribution in [2.45, 2.75) is 90.1 Å². The van der Waals surface area contributed by atoms with Crippen LogP contribution in [0.5, 0.6) is 0 Å². The van der Waals surface area contributed by atoms with Crippen molar-refractivity contribution in [2.24, 2.45) is 5.41 Å². The van der Waals surface area contributed by atoms with E-state index in [9.17, 15) is 39.1 Å². The van der Waals surface area contributed by atoms with Crippen LogP contribution in [0, 0.1) is 5.41 Å². The van der Waals surface area contributed by atoms with Crippen molar-refractivity contribution in [3.8, 4) is 0 Å². The summed E-state index contributed by atoms with van der Waals surface area (Å²) in [6, 6.07) is 0. The van der Waals surface area contributed by atoms with E-state index < -0.39 is 65.7 Å². The molecule has 0 saturated heterocycles. The van der Waals surface area contributed by atoms with E-state index >= 15 is 0 Å². The van der Waals surface area contributed by atoms with Gasteiger partial charge in [0.1, 0.15) is 0 Å². The molecule has 1 atom stereocenters. The summed E-state index contributed by atoms with van der Waals surface area (Å²) in [5.74, 6) is 0. The second kappa shape index (κ2) is 22.2. The number of rotatable bonds is 24. The van der Waals surface area contributed by atoms with Gasteiger partial charge in [-0.05, 0) is 6.42 Å². The fraction of sp³-hybridized carbons (Fsp3) is 1.00. The third kappa shape index (κ3) is 19.4. The van der Waals surface area contributed by atoms with Crippen LogP contribution in [0.3, 0.4) is 0 Å². The first-order valence-corrected chi connectivity index (χ1v) is 16.1. The van der Waals surface area contributed by atoms with Gasteiger partial charge >= 0.3 is 34.4 Å². The summed E-state index contributed by atoms with van der Waals surface area (Å²) in [5.41, 5.74) is -1.52. The molecule has 0 aliphatic heterocycles. The Labute approximate surface area is 207 Å². The molecular weight excluding hydrogens is 532 g/mol. The van der Waals surface area contributed by atoms with Gasteiger partial charge in [0, 0.05) is 0 Å². The van der Waals surface area contributed by atoms with Crippen LogP contribution in [-0.2, 0) is 18.1 Å². The smallest absolute Gasteiger partial charge is 0.327 e. The Bertz CT molecular complexity index is 431. The number of hydrogen-bond acceptors (Lipinski definition) is 12. The van der Waals surface area contributed by atoms with Crippen molar-refractivity contribution < 1.29 is 57.2 Å². The van der Waals surface area contributed by atoms with Gasteiger partial charge in [0.2, 0.25) is 0 Å². The summed E-state index contributed by atoms with van der Waals surface area (Å²) in [4.78, 5) is 74.2. The summed E-state index contributed by atoms with van der Waals surface area (Å²) in [6.07, 6.45) is 11.3. The first kappa shape index (κ1) is 35.2. The molecule has 12 nitrogen and oxygen atoms in total. The summed E-state index contributed by atoms with van der Waals surface area (Å²) in [7, 11) is -11.3. The van der Waals surface area contributed by atoms with E-state index in [4.69, 9.17) is 18.1 Å². The van der Waals surface area contributed by atoms with Crippen molar-refractivity contribution >= 4 is 34.4 Å². The Morgan fingerprint density at radius 3 is 1.21 bits per heavy atom. The number of unbranched alkanes of at least 4 members (excludes halogenated alkanes) is 10. The maximum absolute atomic E-state index is 9.49. The van der Waals surface area contributed by atoms with E-state index in [1.165, 1.54) is 38.5 Å². The predicted octanol–water partition coefficient (Wildman–Crippen LogP) is 3.95. The van der Waals surface area contributed by atoms with Crippen molar-refractivity contribution in [1.29, 1.82) is 0 Å². The average Bonchev–Trinajstić information content (AvgIpc) is 2.76. The Kier molecular flexibility index (Phi) is 23.1. The zero-order valence-corrected chi connectivity index (χ0v) is 23.3. The molecule has 34 heavy (non-hydrogen) atoms. The zero-order chi connectivity index (χ0) is 25.8. The highest BCUT2D eigenvalue weighted by molar-refractivity contribution is 7.40. The highest BCUT2D eigenvalue weighted by atomic mass is 31.2. The third-order valence-electron chi connectivity index (χ3n) is 5.38. The van der Waals surface area contributed by atoms with Gasteiger partial charge in [-0.3, -0.25) is 0 Å². The van der Waals surface area contributed by atoms with Crippen LogP contribution in [0.15, 0.2) is 0 Å². The molecule has 0 heterocycles. The first-order chi connectivity index (χ1) is 16.1. The summed E-state index contributed by atoms with van der Waals surface area (Å²) in [6.45, 7) is 0.664. The van der Waals surface area contributed by atoms with Crippen LogP contribution in [0.4, 0.5) is 0 Å². The quantitative estimate of drug-likeness (QED) is 0.0611. The fourth-order valence-corrected chi connectivity index (χ4v) is 5.22. The summed E-state index contributed by atoms with van der Waals surface area (Å²) < 4.78 is 20.0. The molecule has 0 aliphatic carbocycles. The summed E-state index contributed by atoms with van der Waals surface area (Å²) in [5, 5.41) is 0. The second-order valence-corrected chi connectivity index (χ2v) is 11.1. The molecule has 1 unspecified atom stereocenters. The summed E-state index contributed by atoms with van der Waals surface area (Å²) >= 11 is 0. The van der Waals surface area contributed by atoms with Gasteiger partial charge in [-0.25, -0.2) is 0 Å². The van der Waals surface area contributed by atoms with Crippen molar-refractivity contribution in [3.05, 3.63) is 0 Å². The van der Waals surface area contributed by atoms with Crippen LogP contribution in [0.2, 0.25) is 0 Å². The topological polar surface area (TPSA) is 199 Å². The maximum Gasteiger partial charge on any atom is 0.327 e. The minimum Gasteiger partial charge on any atom is -0.328 e. The van der Waals surface area contributed by atoms with E-state index in [0.717, 1.165) is 25.7 Å². The SMILES string of the molecule is CCCCCCCCCCCCCC(OP(O)O)C(COP(O)O)(COP(O)O)COP(O)O.